The third-order valence-electron chi connectivity index (χ3n) is 5.23. The van der Waals surface area contributed by atoms with Crippen molar-refractivity contribution in [3.8, 4) is 11.5 Å². The maximum absolute atomic E-state index is 12.7. The molecular weight excluding hydrogens is 399 g/mol. The second kappa shape index (κ2) is 9.03. The Hall–Kier alpha value is -1.95. The average molecular weight is 424 g/mol. The number of rotatable bonds is 6. The molecule has 1 unspecified atom stereocenters. The number of likely N-dealkylation sites (tertiary alicyclic amines) is 1. The predicted octanol–water partition coefficient (Wildman–Crippen LogP) is 3.68. The molecule has 2 atom stereocenters. The Labute approximate surface area is 175 Å². The highest BCUT2D eigenvalue weighted by Gasteiger charge is 2.34. The fraction of sp³-hybridized carbons (Fsp3) is 0.381. The number of benzene rings is 2. The maximum atomic E-state index is 12.7. The average Bonchev–Trinajstić information content (AvgIpc) is 3.15. The molecule has 3 rings (SSSR count). The highest BCUT2D eigenvalue weighted by atomic mass is 35.5. The van der Waals surface area contributed by atoms with E-state index < -0.39 is 0 Å². The van der Waals surface area contributed by atoms with Gasteiger partial charge in [0.05, 0.1) is 42.1 Å². The molecule has 1 heterocycles. The first-order chi connectivity index (χ1) is 13.4. The second-order valence-corrected chi connectivity index (χ2v) is 7.77. The monoisotopic (exact) mass is 423 g/mol. The number of carbonyl (C=O) groups excluding carboxylic acids is 1. The summed E-state index contributed by atoms with van der Waals surface area (Å²) in [7, 11) is 3.31. The van der Waals surface area contributed by atoms with Gasteiger partial charge in [0.2, 0.25) is 0 Å². The number of hydrogen-bond acceptors (Lipinski definition) is 3. The lowest BCUT2D eigenvalue weighted by molar-refractivity contribution is -0.910. The van der Waals surface area contributed by atoms with E-state index in [9.17, 15) is 4.79 Å². The molecule has 1 fully saturated rings. The van der Waals surface area contributed by atoms with Crippen LogP contribution < -0.4 is 19.7 Å². The number of methoxy groups -OCH3 is 2. The summed E-state index contributed by atoms with van der Waals surface area (Å²) in [4.78, 5) is 13.9. The number of amides is 1. The number of nitrogens with one attached hydrogen (secondary N) is 2. The molecule has 0 aliphatic carbocycles. The first-order valence-electron chi connectivity index (χ1n) is 9.25. The summed E-state index contributed by atoms with van der Waals surface area (Å²) < 4.78 is 10.9. The number of ether oxygens (including phenoxy) is 2. The summed E-state index contributed by atoms with van der Waals surface area (Å²) in [6.45, 7) is 3.12. The molecule has 2 N–H and O–H groups in total. The zero-order valence-corrected chi connectivity index (χ0v) is 17.8. The number of aryl methyl sites for hydroxylation is 1. The van der Waals surface area contributed by atoms with Crippen molar-refractivity contribution in [1.82, 2.24) is 0 Å². The summed E-state index contributed by atoms with van der Waals surface area (Å²) in [5.41, 5.74) is 2.41. The molecule has 1 amide bonds. The van der Waals surface area contributed by atoms with Gasteiger partial charge in [-0.25, -0.2) is 0 Å². The first-order valence-corrected chi connectivity index (χ1v) is 10.0. The Kier molecular flexibility index (Phi) is 6.70. The number of carbonyl (C=O) groups is 1. The highest BCUT2D eigenvalue weighted by molar-refractivity contribution is 6.40. The van der Waals surface area contributed by atoms with Gasteiger partial charge in [0.1, 0.15) is 17.5 Å². The Morgan fingerprint density at radius 3 is 2.71 bits per heavy atom. The number of halogens is 2. The van der Waals surface area contributed by atoms with Crippen molar-refractivity contribution in [3.05, 3.63) is 51.5 Å². The van der Waals surface area contributed by atoms with Crippen LogP contribution in [-0.2, 0) is 4.79 Å². The Morgan fingerprint density at radius 2 is 2.00 bits per heavy atom. The minimum atomic E-state index is -0.113. The smallest absolute Gasteiger partial charge is 0.279 e. The van der Waals surface area contributed by atoms with Crippen LogP contribution in [0.25, 0.3) is 0 Å². The maximum Gasteiger partial charge on any atom is 0.279 e. The van der Waals surface area contributed by atoms with Crippen molar-refractivity contribution >= 4 is 34.8 Å². The second-order valence-electron chi connectivity index (χ2n) is 6.99. The van der Waals surface area contributed by atoms with Crippen LogP contribution >= 0.6 is 23.2 Å². The molecule has 0 bridgehead atoms. The number of quaternary nitrogens is 1. The van der Waals surface area contributed by atoms with Gasteiger partial charge in [0.15, 0.2) is 6.54 Å². The molecule has 0 spiro atoms. The van der Waals surface area contributed by atoms with Crippen molar-refractivity contribution in [1.29, 1.82) is 0 Å². The Morgan fingerprint density at radius 1 is 1.21 bits per heavy atom. The van der Waals surface area contributed by atoms with E-state index >= 15 is 0 Å². The van der Waals surface area contributed by atoms with Gasteiger partial charge in [-0.3, -0.25) is 4.79 Å². The summed E-state index contributed by atoms with van der Waals surface area (Å²) in [6, 6.07) is 9.53. The lowest BCUT2D eigenvalue weighted by Gasteiger charge is -2.23. The van der Waals surface area contributed by atoms with Crippen LogP contribution in [0.1, 0.15) is 30.0 Å². The van der Waals surface area contributed by atoms with Crippen molar-refractivity contribution in [2.24, 2.45) is 0 Å². The fourth-order valence-corrected chi connectivity index (χ4v) is 4.24. The van der Waals surface area contributed by atoms with E-state index in [-0.39, 0.29) is 11.9 Å². The van der Waals surface area contributed by atoms with E-state index in [1.165, 1.54) is 4.90 Å². The van der Waals surface area contributed by atoms with Crippen LogP contribution in [0.4, 0.5) is 5.69 Å². The largest absolute Gasteiger partial charge is 0.497 e. The molecule has 0 aromatic heterocycles. The van der Waals surface area contributed by atoms with Gasteiger partial charge < -0.3 is 19.7 Å². The third-order valence-corrected chi connectivity index (χ3v) is 6.03. The fourth-order valence-electron chi connectivity index (χ4n) is 3.77. The van der Waals surface area contributed by atoms with Crippen LogP contribution in [0.3, 0.4) is 0 Å². The van der Waals surface area contributed by atoms with Gasteiger partial charge in [-0.2, -0.15) is 0 Å². The SMILES string of the molecule is COc1ccc(OC)c([C@H]2CCC[NH+]2CC(=O)Nc2c(Cl)ccc(C)c2Cl)c1. The van der Waals surface area contributed by atoms with Crippen LogP contribution in [0, 0.1) is 6.92 Å². The van der Waals surface area contributed by atoms with E-state index in [0.717, 1.165) is 42.0 Å². The third kappa shape index (κ3) is 4.37. The van der Waals surface area contributed by atoms with E-state index in [2.05, 4.69) is 5.32 Å². The summed E-state index contributed by atoms with van der Waals surface area (Å²) in [5, 5.41) is 3.80. The Bertz CT molecular complexity index is 873. The molecule has 1 aliphatic rings. The van der Waals surface area contributed by atoms with Gasteiger partial charge in [-0.15, -0.1) is 0 Å². The normalized spacial score (nSPS) is 18.8. The van der Waals surface area contributed by atoms with Crippen molar-refractivity contribution in [3.63, 3.8) is 0 Å². The van der Waals surface area contributed by atoms with Gasteiger partial charge in [0, 0.05) is 12.8 Å². The van der Waals surface area contributed by atoms with Gasteiger partial charge in [0.25, 0.3) is 5.91 Å². The van der Waals surface area contributed by atoms with E-state index in [4.69, 9.17) is 32.7 Å². The van der Waals surface area contributed by atoms with E-state index in [1.54, 1.807) is 20.3 Å². The minimum Gasteiger partial charge on any atom is -0.497 e. The van der Waals surface area contributed by atoms with Crippen molar-refractivity contribution in [2.75, 3.05) is 32.6 Å². The summed E-state index contributed by atoms with van der Waals surface area (Å²) in [6.07, 6.45) is 2.03. The number of anilines is 1. The lowest BCUT2D eigenvalue weighted by atomic mass is 10.0. The van der Waals surface area contributed by atoms with E-state index in [1.807, 2.05) is 31.2 Å². The molecule has 1 saturated heterocycles. The molecule has 28 heavy (non-hydrogen) atoms. The first kappa shape index (κ1) is 20.8. The molecule has 7 heteroatoms. The molecule has 150 valence electrons. The highest BCUT2D eigenvalue weighted by Crippen LogP contribution is 2.33. The van der Waals surface area contributed by atoms with Crippen LogP contribution in [0.5, 0.6) is 11.5 Å². The van der Waals surface area contributed by atoms with Crippen LogP contribution in [0.15, 0.2) is 30.3 Å². The standard InChI is InChI=1S/C21H24Cl2N2O3/c1-13-6-8-16(22)21(20(13)23)24-19(26)12-25-10-4-5-17(25)15-11-14(27-2)7-9-18(15)28-3/h6-9,11,17H,4-5,10,12H2,1-3H3,(H,24,26)/p+1/t17-/m1/s1. The van der Waals surface area contributed by atoms with Gasteiger partial charge in [-0.1, -0.05) is 29.3 Å². The molecule has 1 aliphatic heterocycles. The number of hydrogen-bond donors (Lipinski definition) is 2. The molecule has 5 nitrogen and oxygen atoms in total. The zero-order chi connectivity index (χ0) is 20.3. The van der Waals surface area contributed by atoms with Crippen LogP contribution in [0.2, 0.25) is 10.0 Å². The quantitative estimate of drug-likeness (QED) is 0.744. The topological polar surface area (TPSA) is 52.0 Å². The molecule has 2 aromatic carbocycles. The summed E-state index contributed by atoms with van der Waals surface area (Å²) >= 11 is 12.5. The van der Waals surface area contributed by atoms with Gasteiger partial charge in [-0.05, 0) is 36.8 Å². The lowest BCUT2D eigenvalue weighted by Crippen LogP contribution is -3.11. The molecule has 0 radical (unpaired) electrons. The zero-order valence-electron chi connectivity index (χ0n) is 16.3. The van der Waals surface area contributed by atoms with E-state index in [0.29, 0.717) is 22.3 Å². The van der Waals surface area contributed by atoms with Crippen molar-refractivity contribution < 1.29 is 19.2 Å². The minimum absolute atomic E-state index is 0.113. The molecule has 2 aromatic rings. The molecular formula is C21H25Cl2N2O3+. The Balaban J connectivity index is 1.78. The van der Waals surface area contributed by atoms with Gasteiger partial charge >= 0.3 is 0 Å². The predicted molar refractivity (Wildman–Crippen MR) is 112 cm³/mol. The summed E-state index contributed by atoms with van der Waals surface area (Å²) in [5.74, 6) is 1.48. The van der Waals surface area contributed by atoms with Crippen LogP contribution in [-0.4, -0.2) is 33.2 Å². The van der Waals surface area contributed by atoms with Crippen molar-refractivity contribution in [2.45, 2.75) is 25.8 Å². The molecule has 0 saturated carbocycles.